The highest BCUT2D eigenvalue weighted by molar-refractivity contribution is 9.09. The van der Waals surface area contributed by atoms with E-state index in [1.54, 1.807) is 0 Å². The molecular formula is C16H11BrO. The fraction of sp³-hybridized carbons (Fsp3) is 0.0625. The summed E-state index contributed by atoms with van der Waals surface area (Å²) in [6, 6.07) is 18.3. The number of halogens is 1. The lowest BCUT2D eigenvalue weighted by Gasteiger charge is -2.05. The normalized spacial score (nSPS) is 10.9. The Morgan fingerprint density at radius 3 is 2.33 bits per heavy atom. The zero-order chi connectivity index (χ0) is 12.5. The Morgan fingerprint density at radius 2 is 1.56 bits per heavy atom. The highest BCUT2D eigenvalue weighted by Crippen LogP contribution is 2.26. The summed E-state index contributed by atoms with van der Waals surface area (Å²) in [7, 11) is 0. The van der Waals surface area contributed by atoms with Gasteiger partial charge in [0.2, 0.25) is 0 Å². The maximum atomic E-state index is 11.7. The van der Waals surface area contributed by atoms with E-state index in [1.165, 1.54) is 16.2 Å². The van der Waals surface area contributed by atoms with Crippen molar-refractivity contribution in [1.82, 2.24) is 0 Å². The summed E-state index contributed by atoms with van der Waals surface area (Å²) in [5, 5.41) is 5.07. The lowest BCUT2D eigenvalue weighted by Crippen LogP contribution is -1.99. The van der Waals surface area contributed by atoms with Crippen LogP contribution >= 0.6 is 15.9 Å². The summed E-state index contributed by atoms with van der Waals surface area (Å²) in [6.45, 7) is 0. The van der Waals surface area contributed by atoms with Gasteiger partial charge in [-0.15, -0.1) is 0 Å². The average molecular weight is 299 g/mol. The van der Waals surface area contributed by atoms with Gasteiger partial charge in [-0.1, -0.05) is 64.5 Å². The fourth-order valence-corrected chi connectivity index (χ4v) is 2.58. The van der Waals surface area contributed by atoms with Crippen LogP contribution in [0.5, 0.6) is 0 Å². The first-order valence-electron chi connectivity index (χ1n) is 5.80. The molecule has 0 aromatic heterocycles. The first kappa shape index (κ1) is 11.4. The van der Waals surface area contributed by atoms with E-state index in [9.17, 15) is 4.79 Å². The number of rotatable bonds is 2. The van der Waals surface area contributed by atoms with Crippen molar-refractivity contribution in [3.63, 3.8) is 0 Å². The highest BCUT2D eigenvalue weighted by atomic mass is 79.9. The molecule has 0 radical (unpaired) electrons. The molecule has 3 aromatic rings. The minimum Gasteiger partial charge on any atom is -0.293 e. The maximum absolute atomic E-state index is 11.7. The van der Waals surface area contributed by atoms with E-state index in [2.05, 4.69) is 40.2 Å². The van der Waals surface area contributed by atoms with E-state index in [-0.39, 0.29) is 5.78 Å². The first-order valence-corrected chi connectivity index (χ1v) is 6.92. The zero-order valence-corrected chi connectivity index (χ0v) is 11.3. The van der Waals surface area contributed by atoms with Crippen LogP contribution in [0.4, 0.5) is 0 Å². The zero-order valence-electron chi connectivity index (χ0n) is 9.69. The molecule has 0 bridgehead atoms. The summed E-state index contributed by atoms with van der Waals surface area (Å²) < 4.78 is 0. The molecule has 18 heavy (non-hydrogen) atoms. The number of ketones is 1. The molecule has 0 saturated carbocycles. The molecule has 0 amide bonds. The number of Topliss-reactive ketones (excluding diaryl/α,β-unsaturated/α-hetero) is 1. The van der Waals surface area contributed by atoms with Gasteiger partial charge >= 0.3 is 0 Å². The van der Waals surface area contributed by atoms with E-state index in [1.807, 2.05) is 30.3 Å². The third-order valence-corrected chi connectivity index (χ3v) is 3.70. The van der Waals surface area contributed by atoms with Crippen molar-refractivity contribution in [2.75, 3.05) is 5.33 Å². The molecule has 0 aliphatic heterocycles. The lowest BCUT2D eigenvalue weighted by atomic mass is 9.99. The number of carbonyl (C=O) groups is 1. The van der Waals surface area contributed by atoms with E-state index < -0.39 is 0 Å². The second-order valence-corrected chi connectivity index (χ2v) is 4.84. The van der Waals surface area contributed by atoms with Crippen molar-refractivity contribution < 1.29 is 4.79 Å². The predicted octanol–water partition coefficient (Wildman–Crippen LogP) is 4.57. The monoisotopic (exact) mass is 298 g/mol. The molecule has 0 heterocycles. The number of hydrogen-bond donors (Lipinski definition) is 0. The number of fused-ring (bicyclic) bond motifs is 3. The molecule has 0 saturated heterocycles. The van der Waals surface area contributed by atoms with Crippen molar-refractivity contribution >= 4 is 43.3 Å². The second-order valence-electron chi connectivity index (χ2n) is 4.28. The van der Waals surface area contributed by atoms with Gasteiger partial charge in [0.25, 0.3) is 0 Å². The summed E-state index contributed by atoms with van der Waals surface area (Å²) in [6.07, 6.45) is 0. The van der Waals surface area contributed by atoms with Gasteiger partial charge in [-0.25, -0.2) is 0 Å². The molecule has 0 aliphatic carbocycles. The Bertz CT molecular complexity index is 746. The van der Waals surface area contributed by atoms with Crippen LogP contribution in [-0.4, -0.2) is 11.1 Å². The van der Waals surface area contributed by atoms with Crippen LogP contribution in [0.2, 0.25) is 0 Å². The van der Waals surface area contributed by atoms with Crippen LogP contribution < -0.4 is 0 Å². The minimum atomic E-state index is 0.116. The Hall–Kier alpha value is -1.67. The maximum Gasteiger partial charge on any atom is 0.173 e. The smallest absolute Gasteiger partial charge is 0.173 e. The van der Waals surface area contributed by atoms with Gasteiger partial charge in [0.05, 0.1) is 5.33 Å². The highest BCUT2D eigenvalue weighted by Gasteiger charge is 2.06. The Morgan fingerprint density at radius 1 is 0.889 bits per heavy atom. The molecule has 0 N–H and O–H groups in total. The number of hydrogen-bond acceptors (Lipinski definition) is 1. The Kier molecular flexibility index (Phi) is 2.88. The van der Waals surface area contributed by atoms with Crippen molar-refractivity contribution in [1.29, 1.82) is 0 Å². The third-order valence-electron chi connectivity index (χ3n) is 3.19. The van der Waals surface area contributed by atoms with E-state index in [4.69, 9.17) is 0 Å². The van der Waals surface area contributed by atoms with Crippen LogP contribution in [0.3, 0.4) is 0 Å². The topological polar surface area (TPSA) is 17.1 Å². The van der Waals surface area contributed by atoms with Gasteiger partial charge in [0, 0.05) is 5.56 Å². The largest absolute Gasteiger partial charge is 0.293 e. The minimum absolute atomic E-state index is 0.116. The number of alkyl halides is 1. The molecule has 0 fully saturated rings. The van der Waals surface area contributed by atoms with Crippen LogP contribution in [0.15, 0.2) is 54.6 Å². The predicted molar refractivity (Wildman–Crippen MR) is 79.6 cm³/mol. The van der Waals surface area contributed by atoms with Gasteiger partial charge in [-0.05, 0) is 27.6 Å². The van der Waals surface area contributed by atoms with Crippen molar-refractivity contribution in [2.24, 2.45) is 0 Å². The molecule has 1 nitrogen and oxygen atoms in total. The Balaban J connectivity index is 2.36. The molecule has 3 rings (SSSR count). The molecule has 88 valence electrons. The van der Waals surface area contributed by atoms with Gasteiger partial charge in [0.15, 0.2) is 5.78 Å². The van der Waals surface area contributed by atoms with Crippen molar-refractivity contribution in [3.05, 3.63) is 60.2 Å². The van der Waals surface area contributed by atoms with Crippen LogP contribution in [0.1, 0.15) is 10.4 Å². The summed E-state index contributed by atoms with van der Waals surface area (Å²) in [5.74, 6) is 0.116. The van der Waals surface area contributed by atoms with Crippen molar-refractivity contribution in [2.45, 2.75) is 0 Å². The quantitative estimate of drug-likeness (QED) is 0.385. The molecule has 0 atom stereocenters. The van der Waals surface area contributed by atoms with Crippen molar-refractivity contribution in [3.8, 4) is 0 Å². The number of benzene rings is 3. The summed E-state index contributed by atoms with van der Waals surface area (Å²) in [5.41, 5.74) is 0.760. The SMILES string of the molecule is O=C(CBr)c1ccc2ccc3ccccc3c2c1. The van der Waals surface area contributed by atoms with Crippen LogP contribution in [0, 0.1) is 0 Å². The van der Waals surface area contributed by atoms with Gasteiger partial charge in [0.1, 0.15) is 0 Å². The first-order chi connectivity index (χ1) is 8.79. The van der Waals surface area contributed by atoms with Gasteiger partial charge in [-0.2, -0.15) is 0 Å². The van der Waals surface area contributed by atoms with E-state index in [0.717, 1.165) is 10.9 Å². The van der Waals surface area contributed by atoms with Gasteiger partial charge < -0.3 is 0 Å². The van der Waals surface area contributed by atoms with E-state index in [0.29, 0.717) is 5.33 Å². The molecule has 0 spiro atoms. The van der Waals surface area contributed by atoms with Crippen LogP contribution in [-0.2, 0) is 0 Å². The van der Waals surface area contributed by atoms with Crippen LogP contribution in [0.25, 0.3) is 21.5 Å². The van der Waals surface area contributed by atoms with Gasteiger partial charge in [-0.3, -0.25) is 4.79 Å². The third kappa shape index (κ3) is 1.83. The fourth-order valence-electron chi connectivity index (χ4n) is 2.25. The molecular weight excluding hydrogens is 288 g/mol. The number of carbonyl (C=O) groups excluding carboxylic acids is 1. The molecule has 0 unspecified atom stereocenters. The summed E-state index contributed by atoms with van der Waals surface area (Å²) in [4.78, 5) is 11.7. The standard InChI is InChI=1S/C16H11BrO/c17-10-16(18)13-8-7-12-6-5-11-3-1-2-4-14(11)15(12)9-13/h1-9H,10H2. The molecule has 3 aromatic carbocycles. The average Bonchev–Trinajstić information content (AvgIpc) is 2.45. The summed E-state index contributed by atoms with van der Waals surface area (Å²) >= 11 is 3.22. The second kappa shape index (κ2) is 4.54. The Labute approximate surface area is 114 Å². The van der Waals surface area contributed by atoms with E-state index >= 15 is 0 Å². The molecule has 0 aliphatic rings. The lowest BCUT2D eigenvalue weighted by molar-refractivity contribution is 0.102. The molecule has 2 heteroatoms.